The molecule has 0 radical (unpaired) electrons. The molecule has 0 spiro atoms. The summed E-state index contributed by atoms with van der Waals surface area (Å²) in [5, 5.41) is 9.63. The van der Waals surface area contributed by atoms with E-state index in [1.165, 1.54) is 31.3 Å². The monoisotopic (exact) mass is 380 g/mol. The molecule has 1 aromatic rings. The normalized spacial score (nSPS) is 25.0. The first-order valence-corrected chi connectivity index (χ1v) is 10.7. The van der Waals surface area contributed by atoms with Crippen LogP contribution < -0.4 is 4.74 Å². The first-order chi connectivity index (χ1) is 13.2. The van der Waals surface area contributed by atoms with Crippen LogP contribution in [0.5, 0.6) is 11.5 Å². The van der Waals surface area contributed by atoms with E-state index in [0.29, 0.717) is 11.2 Å². The molecule has 0 fully saturated rings. The van der Waals surface area contributed by atoms with Gasteiger partial charge in [0.15, 0.2) is 0 Å². The molecule has 2 heteroatoms. The maximum absolute atomic E-state index is 9.63. The molecule has 0 unspecified atom stereocenters. The Balaban J connectivity index is 1.60. The molecular weight excluding hydrogens is 344 g/mol. The van der Waals surface area contributed by atoms with Crippen molar-refractivity contribution >= 4 is 0 Å². The molecule has 1 atom stereocenters. The zero-order chi connectivity index (χ0) is 20.4. The van der Waals surface area contributed by atoms with Crippen LogP contribution in [-0.2, 0) is 6.42 Å². The summed E-state index contributed by atoms with van der Waals surface area (Å²) in [6, 6.07) is 5.38. The molecule has 0 bridgehead atoms. The molecule has 1 aliphatic carbocycles. The molecule has 28 heavy (non-hydrogen) atoms. The highest BCUT2D eigenvalue weighted by atomic mass is 16.5. The lowest BCUT2D eigenvalue weighted by Gasteiger charge is -2.35. The van der Waals surface area contributed by atoms with Gasteiger partial charge in [-0.3, -0.25) is 0 Å². The van der Waals surface area contributed by atoms with Gasteiger partial charge in [-0.05, 0) is 101 Å². The van der Waals surface area contributed by atoms with E-state index in [2.05, 4.69) is 52.8 Å². The van der Waals surface area contributed by atoms with Gasteiger partial charge in [0, 0.05) is 0 Å². The highest BCUT2D eigenvalue weighted by Gasteiger charge is 2.29. The van der Waals surface area contributed by atoms with Crippen molar-refractivity contribution in [3.8, 4) is 11.5 Å². The molecular formula is C26H36O2. The lowest BCUT2D eigenvalue weighted by atomic mass is 9.71. The third-order valence-corrected chi connectivity index (χ3v) is 6.56. The third kappa shape index (κ3) is 4.90. The standard InChI is InChI=1S/C26H36O2/c1-19(10-12-23-20(2)9-7-15-25(23,3)4)8-6-16-26(5)17-14-21-18-22(27)11-13-24(21)28-26/h6,8,11,13,16,18,27H,7,9-10,12,14-15,17H2,1-5H3/b16-6+,19-8+/t26-/m0/s1. The van der Waals surface area contributed by atoms with Crippen LogP contribution >= 0.6 is 0 Å². The van der Waals surface area contributed by atoms with E-state index in [0.717, 1.165) is 30.6 Å². The number of phenolic OH excluding ortho intramolecular Hbond substituents is 1. The number of rotatable bonds is 5. The minimum Gasteiger partial charge on any atom is -0.508 e. The number of ether oxygens (including phenoxy) is 1. The van der Waals surface area contributed by atoms with Crippen molar-refractivity contribution < 1.29 is 9.84 Å². The maximum Gasteiger partial charge on any atom is 0.125 e. The summed E-state index contributed by atoms with van der Waals surface area (Å²) in [5.74, 6) is 1.20. The smallest absolute Gasteiger partial charge is 0.125 e. The summed E-state index contributed by atoms with van der Waals surface area (Å²) >= 11 is 0. The van der Waals surface area contributed by atoms with Crippen molar-refractivity contribution in [2.75, 3.05) is 0 Å². The largest absolute Gasteiger partial charge is 0.508 e. The Morgan fingerprint density at radius 2 is 1.96 bits per heavy atom. The summed E-state index contributed by atoms with van der Waals surface area (Å²) in [5.41, 5.74) is 5.89. The van der Waals surface area contributed by atoms with E-state index in [-0.39, 0.29) is 5.60 Å². The first kappa shape index (κ1) is 20.8. The van der Waals surface area contributed by atoms with Crippen LogP contribution in [-0.4, -0.2) is 10.7 Å². The van der Waals surface area contributed by atoms with Crippen LogP contribution in [0.4, 0.5) is 0 Å². The molecule has 152 valence electrons. The molecule has 2 nitrogen and oxygen atoms in total. The number of aryl methyl sites for hydroxylation is 1. The molecule has 0 saturated carbocycles. The zero-order valence-electron chi connectivity index (χ0n) is 18.3. The van der Waals surface area contributed by atoms with Gasteiger partial charge in [0.1, 0.15) is 17.1 Å². The number of fused-ring (bicyclic) bond motifs is 1. The maximum atomic E-state index is 9.63. The Kier molecular flexibility index (Phi) is 6.07. The van der Waals surface area contributed by atoms with Gasteiger partial charge < -0.3 is 9.84 Å². The summed E-state index contributed by atoms with van der Waals surface area (Å²) in [4.78, 5) is 0. The van der Waals surface area contributed by atoms with Crippen molar-refractivity contribution in [1.82, 2.24) is 0 Å². The second kappa shape index (κ2) is 8.19. The predicted molar refractivity (Wildman–Crippen MR) is 118 cm³/mol. The van der Waals surface area contributed by atoms with E-state index in [4.69, 9.17) is 4.74 Å². The fourth-order valence-corrected chi connectivity index (χ4v) is 4.71. The van der Waals surface area contributed by atoms with Crippen molar-refractivity contribution in [3.63, 3.8) is 0 Å². The van der Waals surface area contributed by atoms with Crippen molar-refractivity contribution in [2.45, 2.75) is 85.2 Å². The third-order valence-electron chi connectivity index (χ3n) is 6.56. The number of aromatic hydroxyl groups is 1. The van der Waals surface area contributed by atoms with E-state index in [1.807, 2.05) is 12.1 Å². The quantitative estimate of drug-likeness (QED) is 0.429. The summed E-state index contributed by atoms with van der Waals surface area (Å²) in [6.45, 7) is 11.5. The zero-order valence-corrected chi connectivity index (χ0v) is 18.3. The van der Waals surface area contributed by atoms with Gasteiger partial charge in [-0.15, -0.1) is 0 Å². The molecule has 1 aliphatic heterocycles. The molecule has 3 rings (SSSR count). The SMILES string of the molecule is CC1=C(CC/C(C)=C/C=C/[C@@]2(C)CCc3cc(O)ccc3O2)C(C)(C)CCC1. The van der Waals surface area contributed by atoms with Gasteiger partial charge in [-0.1, -0.05) is 42.7 Å². The number of allylic oxidation sites excluding steroid dienone is 5. The minimum atomic E-state index is -0.286. The topological polar surface area (TPSA) is 29.5 Å². The van der Waals surface area contributed by atoms with Crippen molar-refractivity contribution in [3.05, 3.63) is 58.7 Å². The van der Waals surface area contributed by atoms with E-state index in [1.54, 1.807) is 17.2 Å². The fourth-order valence-electron chi connectivity index (χ4n) is 4.71. The molecule has 1 aromatic carbocycles. The Bertz CT molecular complexity index is 810. The second-order valence-electron chi connectivity index (χ2n) is 9.58. The second-order valence-corrected chi connectivity index (χ2v) is 9.58. The molecule has 0 saturated heterocycles. The average Bonchev–Trinajstić information content (AvgIpc) is 2.61. The molecule has 1 N–H and O–H groups in total. The Hall–Kier alpha value is -1.96. The van der Waals surface area contributed by atoms with Crippen LogP contribution in [0.1, 0.15) is 78.7 Å². The number of hydrogen-bond donors (Lipinski definition) is 1. The van der Waals surface area contributed by atoms with Crippen LogP contribution in [0.15, 0.2) is 53.1 Å². The Morgan fingerprint density at radius 3 is 2.71 bits per heavy atom. The fraction of sp³-hybridized carbons (Fsp3) is 0.538. The number of benzene rings is 1. The molecule has 0 amide bonds. The van der Waals surface area contributed by atoms with Crippen molar-refractivity contribution in [1.29, 1.82) is 0 Å². The Morgan fingerprint density at radius 1 is 1.18 bits per heavy atom. The van der Waals surface area contributed by atoms with Gasteiger partial charge >= 0.3 is 0 Å². The van der Waals surface area contributed by atoms with Crippen LogP contribution in [0.3, 0.4) is 0 Å². The Labute approximate surface area is 171 Å². The van der Waals surface area contributed by atoms with E-state index < -0.39 is 0 Å². The van der Waals surface area contributed by atoms with Gasteiger partial charge in [-0.2, -0.15) is 0 Å². The van der Waals surface area contributed by atoms with Crippen LogP contribution in [0.25, 0.3) is 0 Å². The summed E-state index contributed by atoms with van der Waals surface area (Å²) in [6.07, 6.45) is 14.7. The molecule has 1 heterocycles. The summed E-state index contributed by atoms with van der Waals surface area (Å²) < 4.78 is 6.22. The average molecular weight is 381 g/mol. The van der Waals surface area contributed by atoms with Crippen LogP contribution in [0, 0.1) is 5.41 Å². The number of phenols is 1. The van der Waals surface area contributed by atoms with Gasteiger partial charge in [-0.25, -0.2) is 0 Å². The minimum absolute atomic E-state index is 0.286. The molecule has 0 aromatic heterocycles. The highest BCUT2D eigenvalue weighted by Crippen LogP contribution is 2.42. The highest BCUT2D eigenvalue weighted by molar-refractivity contribution is 5.42. The lowest BCUT2D eigenvalue weighted by Crippen LogP contribution is -2.34. The van der Waals surface area contributed by atoms with Crippen molar-refractivity contribution in [2.24, 2.45) is 5.41 Å². The van der Waals surface area contributed by atoms with Gasteiger partial charge in [0.05, 0.1) is 0 Å². The molecule has 2 aliphatic rings. The summed E-state index contributed by atoms with van der Waals surface area (Å²) in [7, 11) is 0. The first-order valence-electron chi connectivity index (χ1n) is 10.7. The predicted octanol–water partition coefficient (Wildman–Crippen LogP) is 7.29. The van der Waals surface area contributed by atoms with E-state index >= 15 is 0 Å². The lowest BCUT2D eigenvalue weighted by molar-refractivity contribution is 0.114. The van der Waals surface area contributed by atoms with Gasteiger partial charge in [0.2, 0.25) is 0 Å². The van der Waals surface area contributed by atoms with E-state index in [9.17, 15) is 5.11 Å². The number of hydrogen-bond acceptors (Lipinski definition) is 2. The van der Waals surface area contributed by atoms with Gasteiger partial charge in [0.25, 0.3) is 0 Å². The van der Waals surface area contributed by atoms with Crippen LogP contribution in [0.2, 0.25) is 0 Å².